The summed E-state index contributed by atoms with van der Waals surface area (Å²) in [6.07, 6.45) is 2.37. The smallest absolute Gasteiger partial charge is 0.153 e. The Balaban J connectivity index is 1.98. The molecule has 4 nitrogen and oxygen atoms in total. The molecule has 100 valence electrons. The Morgan fingerprint density at radius 1 is 1.26 bits per heavy atom. The quantitative estimate of drug-likeness (QED) is 0.899. The first kappa shape index (κ1) is 12.6. The van der Waals surface area contributed by atoms with Crippen LogP contribution in [0.25, 0.3) is 10.9 Å². The first-order chi connectivity index (χ1) is 8.98. The van der Waals surface area contributed by atoms with Crippen molar-refractivity contribution in [2.75, 3.05) is 11.5 Å². The molecule has 1 aliphatic heterocycles. The van der Waals surface area contributed by atoms with E-state index in [1.54, 1.807) is 6.20 Å². The molecule has 1 fully saturated rings. The Labute approximate surface area is 112 Å². The molecule has 1 unspecified atom stereocenters. The molecule has 0 amide bonds. The predicted octanol–water partition coefficient (Wildman–Crippen LogP) is 1.33. The van der Waals surface area contributed by atoms with Gasteiger partial charge in [0, 0.05) is 18.0 Å². The van der Waals surface area contributed by atoms with E-state index in [4.69, 9.17) is 0 Å². The molecule has 3 rings (SSSR count). The molecule has 2 aromatic rings. The van der Waals surface area contributed by atoms with Crippen LogP contribution in [-0.2, 0) is 16.3 Å². The van der Waals surface area contributed by atoms with Crippen molar-refractivity contribution in [1.29, 1.82) is 0 Å². The lowest BCUT2D eigenvalue weighted by Gasteiger charge is -2.21. The van der Waals surface area contributed by atoms with Gasteiger partial charge in [0.2, 0.25) is 0 Å². The Kier molecular flexibility index (Phi) is 2.83. The van der Waals surface area contributed by atoms with E-state index in [2.05, 4.69) is 4.98 Å². The summed E-state index contributed by atoms with van der Waals surface area (Å²) in [5.41, 5.74) is 0.679. The van der Waals surface area contributed by atoms with E-state index < -0.39 is 15.4 Å². The zero-order valence-electron chi connectivity index (χ0n) is 10.4. The maximum Gasteiger partial charge on any atom is 0.153 e. The lowest BCUT2D eigenvalue weighted by atomic mass is 9.92. The summed E-state index contributed by atoms with van der Waals surface area (Å²) < 4.78 is 23.1. The molecular formula is C14H15NO3S. The van der Waals surface area contributed by atoms with E-state index in [1.165, 1.54) is 0 Å². The van der Waals surface area contributed by atoms with Crippen LogP contribution in [-0.4, -0.2) is 35.6 Å². The SMILES string of the molecule is O=S1(=O)CCC(O)(Cc2ccnc3ccccc23)C1. The fraction of sp³-hybridized carbons (Fsp3) is 0.357. The highest BCUT2D eigenvalue weighted by Gasteiger charge is 2.40. The second kappa shape index (κ2) is 4.28. The number of nitrogens with zero attached hydrogens (tertiary/aromatic N) is 1. The van der Waals surface area contributed by atoms with Crippen molar-refractivity contribution in [3.63, 3.8) is 0 Å². The summed E-state index contributed by atoms with van der Waals surface area (Å²) in [5, 5.41) is 11.4. The second-order valence-corrected chi connectivity index (χ2v) is 7.41. The van der Waals surface area contributed by atoms with Crippen LogP contribution in [0, 0.1) is 0 Å². The van der Waals surface area contributed by atoms with Crippen molar-refractivity contribution in [3.8, 4) is 0 Å². The number of sulfone groups is 1. The minimum Gasteiger partial charge on any atom is -0.388 e. The van der Waals surface area contributed by atoms with Gasteiger partial charge < -0.3 is 5.11 Å². The number of rotatable bonds is 2. The molecule has 1 atom stereocenters. The van der Waals surface area contributed by atoms with Crippen LogP contribution in [0.3, 0.4) is 0 Å². The fourth-order valence-corrected chi connectivity index (χ4v) is 4.60. The number of benzene rings is 1. The van der Waals surface area contributed by atoms with Gasteiger partial charge in [-0.2, -0.15) is 0 Å². The van der Waals surface area contributed by atoms with Gasteiger partial charge in [0.15, 0.2) is 9.84 Å². The Morgan fingerprint density at radius 3 is 2.79 bits per heavy atom. The normalized spacial score (nSPS) is 25.7. The van der Waals surface area contributed by atoms with Gasteiger partial charge in [-0.15, -0.1) is 0 Å². The van der Waals surface area contributed by atoms with Crippen molar-refractivity contribution in [1.82, 2.24) is 4.98 Å². The standard InChI is InChI=1S/C14H15NO3S/c16-14(6-8-19(17,18)10-14)9-11-5-7-15-13-4-2-1-3-12(11)13/h1-5,7,16H,6,8-10H2. The Bertz CT molecular complexity index is 721. The monoisotopic (exact) mass is 277 g/mol. The first-order valence-electron chi connectivity index (χ1n) is 6.23. The van der Waals surface area contributed by atoms with E-state index in [-0.39, 0.29) is 11.5 Å². The molecule has 1 aromatic carbocycles. The van der Waals surface area contributed by atoms with Gasteiger partial charge in [-0.3, -0.25) is 4.98 Å². The number of aromatic nitrogens is 1. The predicted molar refractivity (Wildman–Crippen MR) is 73.7 cm³/mol. The van der Waals surface area contributed by atoms with Crippen molar-refractivity contribution in [2.45, 2.75) is 18.4 Å². The van der Waals surface area contributed by atoms with Crippen molar-refractivity contribution >= 4 is 20.7 Å². The summed E-state index contributed by atoms with van der Waals surface area (Å²) >= 11 is 0. The van der Waals surface area contributed by atoms with Crippen LogP contribution in [0.5, 0.6) is 0 Å². The largest absolute Gasteiger partial charge is 0.388 e. The number of fused-ring (bicyclic) bond motifs is 1. The van der Waals surface area contributed by atoms with Gasteiger partial charge in [-0.1, -0.05) is 18.2 Å². The van der Waals surface area contributed by atoms with Crippen LogP contribution in [0.4, 0.5) is 0 Å². The zero-order chi connectivity index (χ0) is 13.5. The van der Waals surface area contributed by atoms with Gasteiger partial charge in [-0.05, 0) is 24.1 Å². The lowest BCUT2D eigenvalue weighted by molar-refractivity contribution is 0.0685. The molecule has 0 bridgehead atoms. The third kappa shape index (κ3) is 2.48. The lowest BCUT2D eigenvalue weighted by Crippen LogP contribution is -2.32. The summed E-state index contributed by atoms with van der Waals surface area (Å²) in [6, 6.07) is 9.54. The molecule has 0 saturated carbocycles. The van der Waals surface area contributed by atoms with E-state index >= 15 is 0 Å². The van der Waals surface area contributed by atoms with Crippen LogP contribution >= 0.6 is 0 Å². The summed E-state index contributed by atoms with van der Waals surface area (Å²) in [4.78, 5) is 4.27. The minimum absolute atomic E-state index is 0.0759. The van der Waals surface area contributed by atoms with Gasteiger partial charge in [0.1, 0.15) is 0 Å². The van der Waals surface area contributed by atoms with Crippen LogP contribution in [0.15, 0.2) is 36.5 Å². The highest BCUT2D eigenvalue weighted by Crippen LogP contribution is 2.29. The molecule has 1 saturated heterocycles. The molecule has 2 heterocycles. The topological polar surface area (TPSA) is 67.3 Å². The molecule has 0 radical (unpaired) electrons. The highest BCUT2D eigenvalue weighted by molar-refractivity contribution is 7.91. The van der Waals surface area contributed by atoms with Gasteiger partial charge in [0.25, 0.3) is 0 Å². The van der Waals surface area contributed by atoms with Crippen molar-refractivity contribution in [3.05, 3.63) is 42.1 Å². The fourth-order valence-electron chi connectivity index (χ4n) is 2.70. The number of para-hydroxylation sites is 1. The summed E-state index contributed by atoms with van der Waals surface area (Å²) in [5.74, 6) is -0.0663. The van der Waals surface area contributed by atoms with Crippen LogP contribution in [0.2, 0.25) is 0 Å². The molecular weight excluding hydrogens is 262 g/mol. The van der Waals surface area contributed by atoms with Crippen LogP contribution < -0.4 is 0 Å². The average Bonchev–Trinajstić information content (AvgIpc) is 2.64. The second-order valence-electron chi connectivity index (χ2n) is 5.23. The third-order valence-corrected chi connectivity index (χ3v) is 5.43. The Hall–Kier alpha value is -1.46. The van der Waals surface area contributed by atoms with E-state index in [9.17, 15) is 13.5 Å². The average molecular weight is 277 g/mol. The van der Waals surface area contributed by atoms with Crippen molar-refractivity contribution in [2.24, 2.45) is 0 Å². The molecule has 0 spiro atoms. The van der Waals surface area contributed by atoms with Crippen LogP contribution in [0.1, 0.15) is 12.0 Å². The molecule has 1 aromatic heterocycles. The third-order valence-electron chi connectivity index (χ3n) is 3.63. The maximum absolute atomic E-state index is 11.5. The summed E-state index contributed by atoms with van der Waals surface area (Å²) in [7, 11) is -3.09. The molecule has 1 N–H and O–H groups in total. The first-order valence-corrected chi connectivity index (χ1v) is 8.05. The summed E-state index contributed by atoms with van der Waals surface area (Å²) in [6.45, 7) is 0. The molecule has 1 aliphatic rings. The molecule has 0 aliphatic carbocycles. The van der Waals surface area contributed by atoms with E-state index in [1.807, 2.05) is 30.3 Å². The number of pyridine rings is 1. The maximum atomic E-state index is 11.5. The van der Waals surface area contributed by atoms with Gasteiger partial charge >= 0.3 is 0 Å². The minimum atomic E-state index is -3.09. The van der Waals surface area contributed by atoms with E-state index in [0.717, 1.165) is 16.5 Å². The number of hydrogen-bond acceptors (Lipinski definition) is 4. The highest BCUT2D eigenvalue weighted by atomic mass is 32.2. The Morgan fingerprint density at radius 2 is 2.05 bits per heavy atom. The van der Waals surface area contributed by atoms with Gasteiger partial charge in [-0.25, -0.2) is 8.42 Å². The molecule has 19 heavy (non-hydrogen) atoms. The number of hydrogen-bond donors (Lipinski definition) is 1. The van der Waals surface area contributed by atoms with Gasteiger partial charge in [0.05, 0.1) is 22.6 Å². The van der Waals surface area contributed by atoms with Crippen molar-refractivity contribution < 1.29 is 13.5 Å². The van der Waals surface area contributed by atoms with E-state index in [0.29, 0.717) is 12.8 Å². The zero-order valence-corrected chi connectivity index (χ0v) is 11.2. The molecule has 5 heteroatoms. The number of aliphatic hydroxyl groups is 1.